The van der Waals surface area contributed by atoms with Crippen LogP contribution in [0.4, 0.5) is 5.69 Å². The maximum absolute atomic E-state index is 12.5. The largest absolute Gasteiger partial charge is 0.342 e. The van der Waals surface area contributed by atoms with Crippen molar-refractivity contribution in [3.63, 3.8) is 0 Å². The van der Waals surface area contributed by atoms with Crippen molar-refractivity contribution in [2.24, 2.45) is 5.92 Å². The first-order chi connectivity index (χ1) is 14.1. The molecule has 154 valence electrons. The second-order valence-electron chi connectivity index (χ2n) is 8.21. The zero-order chi connectivity index (χ0) is 20.2. The van der Waals surface area contributed by atoms with Gasteiger partial charge < -0.3 is 14.7 Å². The van der Waals surface area contributed by atoms with E-state index in [9.17, 15) is 14.4 Å². The summed E-state index contributed by atoms with van der Waals surface area (Å²) in [6.45, 7) is 3.85. The third kappa shape index (κ3) is 4.52. The molecule has 0 aliphatic carbocycles. The lowest BCUT2D eigenvalue weighted by Crippen LogP contribution is -2.43. The fourth-order valence-electron chi connectivity index (χ4n) is 4.50. The van der Waals surface area contributed by atoms with Gasteiger partial charge >= 0.3 is 0 Å². The molecule has 6 heteroatoms. The number of likely N-dealkylation sites (tertiary alicyclic amines) is 2. The molecule has 0 bridgehead atoms. The fraction of sp³-hybridized carbons (Fsp3) is 0.522. The Kier molecular flexibility index (Phi) is 5.97. The molecule has 0 radical (unpaired) electrons. The average Bonchev–Trinajstić information content (AvgIpc) is 3.44. The van der Waals surface area contributed by atoms with Gasteiger partial charge in [-0.1, -0.05) is 12.1 Å². The van der Waals surface area contributed by atoms with Crippen LogP contribution >= 0.6 is 0 Å². The topological polar surface area (TPSA) is 60.9 Å². The molecule has 0 N–H and O–H groups in total. The van der Waals surface area contributed by atoms with Crippen molar-refractivity contribution >= 4 is 29.5 Å². The minimum atomic E-state index is -0.00383. The molecule has 29 heavy (non-hydrogen) atoms. The lowest BCUT2D eigenvalue weighted by atomic mass is 9.95. The smallest absolute Gasteiger partial charge is 0.246 e. The Morgan fingerprint density at radius 2 is 1.55 bits per heavy atom. The number of piperidine rings is 1. The van der Waals surface area contributed by atoms with E-state index >= 15 is 0 Å². The molecule has 3 aliphatic heterocycles. The highest BCUT2D eigenvalue weighted by Gasteiger charge is 2.30. The minimum Gasteiger partial charge on any atom is -0.342 e. The van der Waals surface area contributed by atoms with E-state index in [2.05, 4.69) is 0 Å². The first kappa shape index (κ1) is 19.7. The number of rotatable bonds is 4. The molecule has 6 nitrogen and oxygen atoms in total. The summed E-state index contributed by atoms with van der Waals surface area (Å²) in [7, 11) is 0. The lowest BCUT2D eigenvalue weighted by Gasteiger charge is -2.32. The van der Waals surface area contributed by atoms with Crippen LogP contribution < -0.4 is 4.90 Å². The van der Waals surface area contributed by atoms with Crippen molar-refractivity contribution < 1.29 is 14.4 Å². The van der Waals surface area contributed by atoms with Crippen molar-refractivity contribution in [3.05, 3.63) is 35.9 Å². The standard InChI is InChI=1S/C23H29N3O3/c27-21(24-16-11-19(12-17-24)23(29)25-13-1-2-14-25)10-7-18-5-8-20(9-6-18)26-15-3-4-22(26)28/h5-10,19H,1-4,11-17H2/b10-7+. The van der Waals surface area contributed by atoms with Crippen LogP contribution in [-0.4, -0.2) is 60.2 Å². The average molecular weight is 396 g/mol. The molecule has 1 aromatic carbocycles. The highest BCUT2D eigenvalue weighted by molar-refractivity contribution is 5.95. The first-order valence-corrected chi connectivity index (χ1v) is 10.8. The number of hydrogen-bond donors (Lipinski definition) is 0. The van der Waals surface area contributed by atoms with Gasteiger partial charge in [0.15, 0.2) is 0 Å². The van der Waals surface area contributed by atoms with Crippen LogP contribution in [-0.2, 0) is 14.4 Å². The molecule has 3 heterocycles. The molecule has 1 aromatic rings. The summed E-state index contributed by atoms with van der Waals surface area (Å²) >= 11 is 0. The van der Waals surface area contributed by atoms with Crippen molar-refractivity contribution in [2.75, 3.05) is 37.6 Å². The monoisotopic (exact) mass is 395 g/mol. The van der Waals surface area contributed by atoms with E-state index in [4.69, 9.17) is 0 Å². The van der Waals surface area contributed by atoms with Crippen LogP contribution in [0.2, 0.25) is 0 Å². The van der Waals surface area contributed by atoms with Gasteiger partial charge in [-0.2, -0.15) is 0 Å². The van der Waals surface area contributed by atoms with Gasteiger partial charge in [0.25, 0.3) is 0 Å². The zero-order valence-corrected chi connectivity index (χ0v) is 16.9. The Hall–Kier alpha value is -2.63. The van der Waals surface area contributed by atoms with Crippen LogP contribution in [0.3, 0.4) is 0 Å². The van der Waals surface area contributed by atoms with Gasteiger partial charge in [-0.15, -0.1) is 0 Å². The molecule has 0 atom stereocenters. The molecule has 4 rings (SSSR count). The number of carbonyl (C=O) groups is 3. The lowest BCUT2D eigenvalue weighted by molar-refractivity contribution is -0.138. The van der Waals surface area contributed by atoms with Crippen molar-refractivity contribution in [1.29, 1.82) is 0 Å². The van der Waals surface area contributed by atoms with E-state index in [-0.39, 0.29) is 23.6 Å². The number of carbonyl (C=O) groups excluding carboxylic acids is 3. The van der Waals surface area contributed by atoms with Gasteiger partial charge in [-0.25, -0.2) is 0 Å². The Morgan fingerprint density at radius 3 is 2.17 bits per heavy atom. The second-order valence-corrected chi connectivity index (χ2v) is 8.21. The molecule has 3 fully saturated rings. The number of nitrogens with zero attached hydrogens (tertiary/aromatic N) is 3. The molecule has 3 amide bonds. The molecular weight excluding hydrogens is 366 g/mol. The van der Waals surface area contributed by atoms with Gasteiger partial charge in [-0.05, 0) is 55.9 Å². The van der Waals surface area contributed by atoms with Crippen LogP contribution in [0.1, 0.15) is 44.1 Å². The number of hydrogen-bond acceptors (Lipinski definition) is 3. The third-order valence-electron chi connectivity index (χ3n) is 6.27. The minimum absolute atomic E-state index is 0.00383. The molecule has 0 spiro atoms. The summed E-state index contributed by atoms with van der Waals surface area (Å²) in [4.78, 5) is 42.5. The Labute approximate surface area is 172 Å². The van der Waals surface area contributed by atoms with E-state index in [1.807, 2.05) is 45.0 Å². The quantitative estimate of drug-likeness (QED) is 0.737. The summed E-state index contributed by atoms with van der Waals surface area (Å²) < 4.78 is 0. The summed E-state index contributed by atoms with van der Waals surface area (Å²) in [5.41, 5.74) is 1.86. The normalized spacial score (nSPS) is 20.8. The number of anilines is 1. The van der Waals surface area contributed by atoms with Gasteiger partial charge in [0.2, 0.25) is 17.7 Å². The van der Waals surface area contributed by atoms with Crippen LogP contribution in [0, 0.1) is 5.92 Å². The van der Waals surface area contributed by atoms with Crippen molar-refractivity contribution in [3.8, 4) is 0 Å². The predicted octanol–water partition coefficient (Wildman–Crippen LogP) is 2.69. The van der Waals surface area contributed by atoms with Gasteiger partial charge in [0.1, 0.15) is 0 Å². The number of benzene rings is 1. The van der Waals surface area contributed by atoms with E-state index < -0.39 is 0 Å². The van der Waals surface area contributed by atoms with Gasteiger partial charge in [0, 0.05) is 56.8 Å². The van der Waals surface area contributed by atoms with Crippen LogP contribution in [0.15, 0.2) is 30.3 Å². The van der Waals surface area contributed by atoms with Crippen LogP contribution in [0.25, 0.3) is 6.08 Å². The Morgan fingerprint density at radius 1 is 0.862 bits per heavy atom. The van der Waals surface area contributed by atoms with Gasteiger partial charge in [0.05, 0.1) is 0 Å². The molecule has 3 aliphatic rings. The summed E-state index contributed by atoms with van der Waals surface area (Å²) in [6.07, 6.45) is 8.71. The molecule has 0 unspecified atom stereocenters. The molecule has 3 saturated heterocycles. The maximum Gasteiger partial charge on any atom is 0.246 e. The Balaban J connectivity index is 1.27. The SMILES string of the molecule is O=C(/C=C/c1ccc(N2CCCC2=O)cc1)N1CCC(C(=O)N2CCCC2)CC1. The van der Waals surface area contributed by atoms with E-state index in [1.54, 1.807) is 6.08 Å². The predicted molar refractivity (Wildman–Crippen MR) is 112 cm³/mol. The summed E-state index contributed by atoms with van der Waals surface area (Å²) in [5.74, 6) is 0.523. The fourth-order valence-corrected chi connectivity index (χ4v) is 4.50. The highest BCUT2D eigenvalue weighted by Crippen LogP contribution is 2.23. The Bertz CT molecular complexity index is 788. The zero-order valence-electron chi connectivity index (χ0n) is 16.9. The van der Waals surface area contributed by atoms with E-state index in [0.717, 1.165) is 63.0 Å². The number of amides is 3. The summed E-state index contributed by atoms with van der Waals surface area (Å²) in [6, 6.07) is 7.74. The van der Waals surface area contributed by atoms with E-state index in [1.165, 1.54) is 0 Å². The van der Waals surface area contributed by atoms with Crippen LogP contribution in [0.5, 0.6) is 0 Å². The van der Waals surface area contributed by atoms with E-state index in [0.29, 0.717) is 19.5 Å². The molecule has 0 saturated carbocycles. The van der Waals surface area contributed by atoms with Gasteiger partial charge in [-0.3, -0.25) is 14.4 Å². The molecule has 0 aromatic heterocycles. The third-order valence-corrected chi connectivity index (χ3v) is 6.27. The second kappa shape index (κ2) is 8.80. The molecular formula is C23H29N3O3. The highest BCUT2D eigenvalue weighted by atomic mass is 16.2. The maximum atomic E-state index is 12.5. The van der Waals surface area contributed by atoms with Crippen molar-refractivity contribution in [1.82, 2.24) is 9.80 Å². The first-order valence-electron chi connectivity index (χ1n) is 10.8. The summed E-state index contributed by atoms with van der Waals surface area (Å²) in [5, 5.41) is 0. The van der Waals surface area contributed by atoms with Crippen molar-refractivity contribution in [2.45, 2.75) is 38.5 Å².